The number of carbonyl (C=O) groups is 1. The van der Waals surface area contributed by atoms with Crippen molar-refractivity contribution >= 4 is 15.7 Å². The molecular weight excluding hydrogens is 535 g/mol. The Bertz CT molecular complexity index is 1260. The summed E-state index contributed by atoms with van der Waals surface area (Å²) in [6.07, 6.45) is -1.57. The van der Waals surface area contributed by atoms with Crippen LogP contribution in [0.4, 0.5) is 13.2 Å². The smallest absolute Gasteiger partial charge is 0.391 e. The number of sulfone groups is 1. The quantitative estimate of drug-likeness (QED) is 0.423. The fourth-order valence-corrected chi connectivity index (χ4v) is 6.41. The largest absolute Gasteiger partial charge is 0.394 e. The number of nitrogens with one attached hydrogen (secondary N) is 1. The van der Waals surface area contributed by atoms with Gasteiger partial charge in [0.05, 0.1) is 53.1 Å². The monoisotopic (exact) mass is 569 g/mol. The maximum atomic E-state index is 13.0. The van der Waals surface area contributed by atoms with E-state index in [9.17, 15) is 36.6 Å². The van der Waals surface area contributed by atoms with Crippen LogP contribution in [0.3, 0.4) is 0 Å². The standard InChI is InChI=1S/C27H34F3N3O5S/c1-2-39(37,38)22-9-5-18(6-10-22)23(15-34)32-26(36)19-11-20-14-33(24(16-35)25(20)31-12-19)13-17-3-7-21(8-4-17)27(28,29)30/h5-6,9-12,17,21,23-24,34-35H,2-4,7-8,13-16H2,1H3,(H,32,36)/t17?,21?,23-,24?/m0/s1. The third-order valence-corrected chi connectivity index (χ3v) is 9.63. The molecule has 12 heteroatoms. The van der Waals surface area contributed by atoms with Crippen LogP contribution in [0, 0.1) is 11.8 Å². The molecule has 1 saturated carbocycles. The minimum Gasteiger partial charge on any atom is -0.394 e. The first-order valence-electron chi connectivity index (χ1n) is 13.1. The van der Waals surface area contributed by atoms with Crippen LogP contribution in [0.2, 0.25) is 0 Å². The van der Waals surface area contributed by atoms with Crippen molar-refractivity contribution in [2.24, 2.45) is 11.8 Å². The molecule has 39 heavy (non-hydrogen) atoms. The number of aliphatic hydroxyl groups is 2. The van der Waals surface area contributed by atoms with Crippen LogP contribution in [-0.4, -0.2) is 66.1 Å². The summed E-state index contributed by atoms with van der Waals surface area (Å²) in [5.74, 6) is -1.66. The van der Waals surface area contributed by atoms with E-state index in [-0.39, 0.29) is 47.6 Å². The van der Waals surface area contributed by atoms with Gasteiger partial charge in [0.15, 0.2) is 9.84 Å². The Morgan fingerprint density at radius 1 is 1.15 bits per heavy atom. The van der Waals surface area contributed by atoms with E-state index < -0.39 is 40.5 Å². The summed E-state index contributed by atoms with van der Waals surface area (Å²) in [5, 5.41) is 22.7. The SMILES string of the molecule is CCS(=O)(=O)c1ccc([C@H](CO)NC(=O)c2cnc3c(c2)CN(CC2CCC(C(F)(F)F)CC2)C3CO)cc1. The van der Waals surface area contributed by atoms with Gasteiger partial charge in [-0.1, -0.05) is 19.1 Å². The summed E-state index contributed by atoms with van der Waals surface area (Å²) < 4.78 is 63.2. The van der Waals surface area contributed by atoms with Gasteiger partial charge >= 0.3 is 6.18 Å². The third kappa shape index (κ3) is 6.62. The lowest BCUT2D eigenvalue weighted by atomic mass is 9.81. The van der Waals surface area contributed by atoms with E-state index >= 15 is 0 Å². The third-order valence-electron chi connectivity index (χ3n) is 7.88. The molecule has 214 valence electrons. The topological polar surface area (TPSA) is 120 Å². The number of hydrogen-bond donors (Lipinski definition) is 3. The Morgan fingerprint density at radius 3 is 2.38 bits per heavy atom. The number of nitrogens with zero attached hydrogens (tertiary/aromatic N) is 2. The van der Waals surface area contributed by atoms with Crippen LogP contribution in [-0.2, 0) is 16.4 Å². The lowest BCUT2D eigenvalue weighted by molar-refractivity contribution is -0.184. The highest BCUT2D eigenvalue weighted by molar-refractivity contribution is 7.91. The first-order chi connectivity index (χ1) is 18.5. The number of rotatable bonds is 9. The highest BCUT2D eigenvalue weighted by Crippen LogP contribution is 2.41. The molecule has 3 N–H and O–H groups in total. The highest BCUT2D eigenvalue weighted by atomic mass is 32.2. The first kappa shape index (κ1) is 29.4. The zero-order valence-electron chi connectivity index (χ0n) is 21.7. The number of halogens is 3. The second-order valence-corrected chi connectivity index (χ2v) is 12.6. The van der Waals surface area contributed by atoms with E-state index in [0.29, 0.717) is 37.2 Å². The zero-order chi connectivity index (χ0) is 28.4. The van der Waals surface area contributed by atoms with Crippen LogP contribution in [0.5, 0.6) is 0 Å². The number of aliphatic hydroxyl groups excluding tert-OH is 2. The van der Waals surface area contributed by atoms with Crippen molar-refractivity contribution in [2.45, 2.75) is 62.3 Å². The summed E-state index contributed by atoms with van der Waals surface area (Å²) in [5.41, 5.74) is 2.22. The second-order valence-electron chi connectivity index (χ2n) is 10.3. The van der Waals surface area contributed by atoms with Crippen molar-refractivity contribution in [2.75, 3.05) is 25.5 Å². The Balaban J connectivity index is 1.41. The van der Waals surface area contributed by atoms with Gasteiger partial charge in [0.1, 0.15) is 0 Å². The first-order valence-corrected chi connectivity index (χ1v) is 14.8. The summed E-state index contributed by atoms with van der Waals surface area (Å²) in [4.78, 5) is 19.6. The van der Waals surface area contributed by atoms with E-state index in [1.54, 1.807) is 25.1 Å². The molecule has 0 spiro atoms. The molecule has 8 nitrogen and oxygen atoms in total. The maximum absolute atomic E-state index is 13.0. The number of amides is 1. The predicted octanol–water partition coefficient (Wildman–Crippen LogP) is 3.56. The van der Waals surface area contributed by atoms with Gasteiger partial charge < -0.3 is 15.5 Å². The van der Waals surface area contributed by atoms with Gasteiger partial charge in [0.25, 0.3) is 5.91 Å². The number of benzene rings is 1. The number of carbonyl (C=O) groups excluding carboxylic acids is 1. The van der Waals surface area contributed by atoms with Gasteiger partial charge in [0, 0.05) is 19.3 Å². The van der Waals surface area contributed by atoms with Gasteiger partial charge in [-0.05, 0) is 60.9 Å². The van der Waals surface area contributed by atoms with Crippen LogP contribution >= 0.6 is 0 Å². The Hall–Kier alpha value is -2.54. The van der Waals surface area contributed by atoms with E-state index in [1.807, 2.05) is 4.90 Å². The molecule has 1 fully saturated rings. The Morgan fingerprint density at radius 2 is 1.82 bits per heavy atom. The molecule has 1 aliphatic heterocycles. The fraction of sp³-hybridized carbons (Fsp3) is 0.556. The molecule has 0 bridgehead atoms. The van der Waals surface area contributed by atoms with E-state index in [4.69, 9.17) is 0 Å². The molecule has 1 aliphatic carbocycles. The molecule has 0 radical (unpaired) electrons. The molecule has 2 heterocycles. The van der Waals surface area contributed by atoms with E-state index in [0.717, 1.165) is 5.56 Å². The van der Waals surface area contributed by atoms with E-state index in [2.05, 4.69) is 10.3 Å². The lowest BCUT2D eigenvalue weighted by Gasteiger charge is -2.33. The Labute approximate surface area is 226 Å². The molecular formula is C27H34F3N3O5S. The summed E-state index contributed by atoms with van der Waals surface area (Å²) in [6, 6.07) is 6.52. The van der Waals surface area contributed by atoms with Crippen molar-refractivity contribution in [1.82, 2.24) is 15.2 Å². The summed E-state index contributed by atoms with van der Waals surface area (Å²) >= 11 is 0. The molecule has 1 aromatic carbocycles. The van der Waals surface area contributed by atoms with Crippen molar-refractivity contribution < 1.29 is 36.6 Å². The molecule has 2 aliphatic rings. The lowest BCUT2D eigenvalue weighted by Crippen LogP contribution is -2.34. The average molecular weight is 570 g/mol. The minimum absolute atomic E-state index is 0.0361. The van der Waals surface area contributed by atoms with Gasteiger partial charge in [0.2, 0.25) is 0 Å². The fourth-order valence-electron chi connectivity index (χ4n) is 5.52. The normalized spacial score (nSPS) is 22.9. The van der Waals surface area contributed by atoms with Gasteiger partial charge in [-0.3, -0.25) is 14.7 Å². The highest BCUT2D eigenvalue weighted by Gasteiger charge is 2.42. The number of alkyl halides is 3. The van der Waals surface area contributed by atoms with Crippen molar-refractivity contribution in [1.29, 1.82) is 0 Å². The number of hydrogen-bond acceptors (Lipinski definition) is 7. The number of fused-ring (bicyclic) bond motifs is 1. The summed E-state index contributed by atoms with van der Waals surface area (Å²) in [7, 11) is -3.37. The van der Waals surface area contributed by atoms with Crippen LogP contribution < -0.4 is 5.32 Å². The van der Waals surface area contributed by atoms with Gasteiger partial charge in [-0.25, -0.2) is 8.42 Å². The molecule has 2 aromatic rings. The molecule has 2 atom stereocenters. The Kier molecular flexibility index (Phi) is 8.99. The minimum atomic E-state index is -4.16. The second kappa shape index (κ2) is 11.9. The molecule has 0 saturated heterocycles. The molecule has 4 rings (SSSR count). The van der Waals surface area contributed by atoms with E-state index in [1.165, 1.54) is 18.3 Å². The van der Waals surface area contributed by atoms with Crippen molar-refractivity contribution in [3.63, 3.8) is 0 Å². The number of aromatic nitrogens is 1. The van der Waals surface area contributed by atoms with Crippen LogP contribution in [0.15, 0.2) is 41.4 Å². The van der Waals surface area contributed by atoms with Crippen molar-refractivity contribution in [3.8, 4) is 0 Å². The molecule has 1 unspecified atom stereocenters. The van der Waals surface area contributed by atoms with Gasteiger partial charge in [-0.15, -0.1) is 0 Å². The summed E-state index contributed by atoms with van der Waals surface area (Å²) in [6.45, 7) is 1.92. The maximum Gasteiger partial charge on any atom is 0.391 e. The molecule has 1 aromatic heterocycles. The predicted molar refractivity (Wildman–Crippen MR) is 137 cm³/mol. The van der Waals surface area contributed by atoms with Crippen LogP contribution in [0.25, 0.3) is 0 Å². The zero-order valence-corrected chi connectivity index (χ0v) is 22.5. The van der Waals surface area contributed by atoms with Crippen molar-refractivity contribution in [3.05, 3.63) is 58.9 Å². The van der Waals surface area contributed by atoms with Crippen LogP contribution in [0.1, 0.15) is 71.9 Å². The average Bonchev–Trinajstić information content (AvgIpc) is 3.27. The van der Waals surface area contributed by atoms with Gasteiger partial charge in [-0.2, -0.15) is 13.2 Å². The molecule has 1 amide bonds. The number of pyridine rings is 1.